The highest BCUT2D eigenvalue weighted by Gasteiger charge is 2.13. The maximum atomic E-state index is 4.34. The largest absolute Gasteiger partial charge is 0.282 e. The zero-order valence-electron chi connectivity index (χ0n) is 10.3. The summed E-state index contributed by atoms with van der Waals surface area (Å²) in [6.07, 6.45) is 3.68. The molecule has 0 unspecified atom stereocenters. The quantitative estimate of drug-likeness (QED) is 0.687. The molecule has 0 aliphatic rings. The Kier molecular flexibility index (Phi) is 2.44. The van der Waals surface area contributed by atoms with Crippen LogP contribution in [0.15, 0.2) is 42.9 Å². The van der Waals surface area contributed by atoms with Crippen molar-refractivity contribution < 1.29 is 0 Å². The predicted molar refractivity (Wildman–Crippen MR) is 68.3 cm³/mol. The molecule has 3 rings (SSSR count). The van der Waals surface area contributed by atoms with Gasteiger partial charge < -0.3 is 0 Å². The zero-order valence-corrected chi connectivity index (χ0v) is 10.3. The monoisotopic (exact) mass is 239 g/mol. The Labute approximate surface area is 105 Å². The molecular formula is C13H13N5. The first kappa shape index (κ1) is 10.7. The number of hydrogen-bond donors (Lipinski definition) is 0. The molecule has 0 atom stereocenters. The molecule has 5 nitrogen and oxygen atoms in total. The highest BCUT2D eigenvalue weighted by atomic mass is 15.3. The van der Waals surface area contributed by atoms with Crippen molar-refractivity contribution in [3.63, 3.8) is 0 Å². The molecule has 18 heavy (non-hydrogen) atoms. The minimum atomic E-state index is 0.812. The van der Waals surface area contributed by atoms with Gasteiger partial charge in [-0.3, -0.25) is 9.25 Å². The lowest BCUT2D eigenvalue weighted by molar-refractivity contribution is 0.756. The fraction of sp³-hybridized carbons (Fsp3) is 0.154. The van der Waals surface area contributed by atoms with Crippen LogP contribution in [-0.2, 0) is 7.05 Å². The van der Waals surface area contributed by atoms with E-state index in [0.717, 1.165) is 22.8 Å². The summed E-state index contributed by atoms with van der Waals surface area (Å²) in [5.74, 6) is 0.812. The number of rotatable bonds is 2. The molecule has 0 radical (unpaired) electrons. The first-order chi connectivity index (χ1) is 8.75. The molecule has 0 N–H and O–H groups in total. The number of aromatic nitrogens is 5. The number of hydrogen-bond acceptors (Lipinski definition) is 3. The van der Waals surface area contributed by atoms with Crippen LogP contribution < -0.4 is 0 Å². The zero-order chi connectivity index (χ0) is 12.5. The molecule has 2 heterocycles. The molecule has 0 aliphatic carbocycles. The van der Waals surface area contributed by atoms with E-state index in [-0.39, 0.29) is 0 Å². The van der Waals surface area contributed by atoms with Gasteiger partial charge in [-0.05, 0) is 19.1 Å². The minimum Gasteiger partial charge on any atom is -0.282 e. The van der Waals surface area contributed by atoms with Crippen molar-refractivity contribution >= 4 is 0 Å². The SMILES string of the molecule is Cc1nn(C)cc1-c1nncn1-c1ccccc1. The Balaban J connectivity index is 2.16. The third kappa shape index (κ3) is 1.69. The van der Waals surface area contributed by atoms with E-state index in [4.69, 9.17) is 0 Å². The van der Waals surface area contributed by atoms with Gasteiger partial charge in [0.15, 0.2) is 5.82 Å². The van der Waals surface area contributed by atoms with Gasteiger partial charge in [0.2, 0.25) is 0 Å². The highest BCUT2D eigenvalue weighted by molar-refractivity contribution is 5.59. The molecule has 0 amide bonds. The summed E-state index contributed by atoms with van der Waals surface area (Å²) >= 11 is 0. The molecule has 5 heteroatoms. The molecule has 0 spiro atoms. The van der Waals surface area contributed by atoms with Gasteiger partial charge in [0, 0.05) is 18.9 Å². The molecule has 3 aromatic rings. The van der Waals surface area contributed by atoms with Gasteiger partial charge in [-0.25, -0.2) is 0 Å². The van der Waals surface area contributed by atoms with Gasteiger partial charge in [-0.1, -0.05) is 18.2 Å². The van der Waals surface area contributed by atoms with Crippen molar-refractivity contribution in [2.75, 3.05) is 0 Å². The van der Waals surface area contributed by atoms with E-state index in [1.165, 1.54) is 0 Å². The highest BCUT2D eigenvalue weighted by Crippen LogP contribution is 2.22. The fourth-order valence-corrected chi connectivity index (χ4v) is 2.02. The predicted octanol–water partition coefficient (Wildman–Crippen LogP) is 1.98. The van der Waals surface area contributed by atoms with Gasteiger partial charge in [-0.15, -0.1) is 10.2 Å². The van der Waals surface area contributed by atoms with Gasteiger partial charge >= 0.3 is 0 Å². The fourth-order valence-electron chi connectivity index (χ4n) is 2.02. The van der Waals surface area contributed by atoms with Crippen LogP contribution in [0.2, 0.25) is 0 Å². The minimum absolute atomic E-state index is 0.812. The van der Waals surface area contributed by atoms with Gasteiger partial charge in [0.1, 0.15) is 6.33 Å². The van der Waals surface area contributed by atoms with Crippen molar-refractivity contribution in [3.05, 3.63) is 48.5 Å². The Morgan fingerprint density at radius 1 is 1.11 bits per heavy atom. The summed E-state index contributed by atoms with van der Waals surface area (Å²) in [7, 11) is 1.90. The van der Waals surface area contributed by atoms with Crippen LogP contribution in [0.3, 0.4) is 0 Å². The Morgan fingerprint density at radius 2 is 1.89 bits per heavy atom. The molecule has 0 aliphatic heterocycles. The lowest BCUT2D eigenvalue weighted by atomic mass is 10.2. The van der Waals surface area contributed by atoms with Crippen LogP contribution >= 0.6 is 0 Å². The molecular weight excluding hydrogens is 226 g/mol. The number of aryl methyl sites for hydroxylation is 2. The molecule has 2 aromatic heterocycles. The van der Waals surface area contributed by atoms with E-state index >= 15 is 0 Å². The Hall–Kier alpha value is -2.43. The number of para-hydroxylation sites is 1. The van der Waals surface area contributed by atoms with Crippen LogP contribution in [0, 0.1) is 6.92 Å². The maximum absolute atomic E-state index is 4.34. The first-order valence-corrected chi connectivity index (χ1v) is 5.72. The molecule has 0 bridgehead atoms. The Bertz CT molecular complexity index is 666. The summed E-state index contributed by atoms with van der Waals surface area (Å²) in [5, 5.41) is 12.5. The third-order valence-electron chi connectivity index (χ3n) is 2.84. The third-order valence-corrected chi connectivity index (χ3v) is 2.84. The second-order valence-corrected chi connectivity index (χ2v) is 4.16. The van der Waals surface area contributed by atoms with Crippen molar-refractivity contribution in [1.29, 1.82) is 0 Å². The molecule has 1 aromatic carbocycles. The standard InChI is InChI=1S/C13H13N5/c1-10-12(8-17(2)16-10)13-15-14-9-18(13)11-6-4-3-5-7-11/h3-9H,1-2H3. The molecule has 0 fully saturated rings. The normalized spacial score (nSPS) is 10.8. The van der Waals surface area contributed by atoms with Crippen molar-refractivity contribution in [3.8, 4) is 17.1 Å². The van der Waals surface area contributed by atoms with Crippen molar-refractivity contribution in [2.24, 2.45) is 7.05 Å². The van der Waals surface area contributed by atoms with Crippen LogP contribution in [0.5, 0.6) is 0 Å². The molecule has 0 saturated carbocycles. The van der Waals surface area contributed by atoms with Crippen LogP contribution in [-0.4, -0.2) is 24.5 Å². The van der Waals surface area contributed by atoms with E-state index in [1.807, 2.05) is 55.1 Å². The van der Waals surface area contributed by atoms with E-state index in [1.54, 1.807) is 11.0 Å². The summed E-state index contributed by atoms with van der Waals surface area (Å²) < 4.78 is 3.75. The lowest BCUT2D eigenvalue weighted by Crippen LogP contribution is -1.96. The molecule has 0 saturated heterocycles. The van der Waals surface area contributed by atoms with Gasteiger partial charge in [0.05, 0.1) is 11.3 Å². The average Bonchev–Trinajstić information content (AvgIpc) is 2.96. The van der Waals surface area contributed by atoms with Crippen molar-refractivity contribution in [1.82, 2.24) is 24.5 Å². The average molecular weight is 239 g/mol. The maximum Gasteiger partial charge on any atom is 0.171 e. The molecule has 90 valence electrons. The van der Waals surface area contributed by atoms with Gasteiger partial charge in [-0.2, -0.15) is 5.10 Å². The summed E-state index contributed by atoms with van der Waals surface area (Å²) in [5.41, 5.74) is 2.99. The summed E-state index contributed by atoms with van der Waals surface area (Å²) in [6.45, 7) is 1.97. The van der Waals surface area contributed by atoms with Gasteiger partial charge in [0.25, 0.3) is 0 Å². The van der Waals surface area contributed by atoms with Crippen LogP contribution in [0.4, 0.5) is 0 Å². The van der Waals surface area contributed by atoms with Crippen molar-refractivity contribution in [2.45, 2.75) is 6.92 Å². The van der Waals surface area contributed by atoms with Crippen LogP contribution in [0.25, 0.3) is 17.1 Å². The van der Waals surface area contributed by atoms with E-state index in [9.17, 15) is 0 Å². The summed E-state index contributed by atoms with van der Waals surface area (Å²) in [6, 6.07) is 10.0. The number of nitrogens with zero attached hydrogens (tertiary/aromatic N) is 5. The Morgan fingerprint density at radius 3 is 2.56 bits per heavy atom. The summed E-state index contributed by atoms with van der Waals surface area (Å²) in [4.78, 5) is 0. The second kappa shape index (κ2) is 4.10. The van der Waals surface area contributed by atoms with E-state index < -0.39 is 0 Å². The van der Waals surface area contributed by atoms with Crippen LogP contribution in [0.1, 0.15) is 5.69 Å². The smallest absolute Gasteiger partial charge is 0.171 e. The number of benzene rings is 1. The van der Waals surface area contributed by atoms with E-state index in [0.29, 0.717) is 0 Å². The first-order valence-electron chi connectivity index (χ1n) is 5.72. The topological polar surface area (TPSA) is 48.5 Å². The lowest BCUT2D eigenvalue weighted by Gasteiger charge is -2.04. The second-order valence-electron chi connectivity index (χ2n) is 4.16. The van der Waals surface area contributed by atoms with E-state index in [2.05, 4.69) is 15.3 Å².